The molecule has 134 valence electrons. The highest BCUT2D eigenvalue weighted by Crippen LogP contribution is 2.33. The van der Waals surface area contributed by atoms with Gasteiger partial charge in [-0.1, -0.05) is 49.1 Å². The van der Waals surface area contributed by atoms with E-state index in [1.807, 2.05) is 67.4 Å². The van der Waals surface area contributed by atoms with Gasteiger partial charge in [0.2, 0.25) is 0 Å². The molecule has 0 N–H and O–H groups in total. The van der Waals surface area contributed by atoms with Crippen molar-refractivity contribution in [3.63, 3.8) is 0 Å². The van der Waals surface area contributed by atoms with Crippen molar-refractivity contribution < 1.29 is 9.53 Å². The summed E-state index contributed by atoms with van der Waals surface area (Å²) >= 11 is 0. The van der Waals surface area contributed by atoms with Crippen molar-refractivity contribution in [1.29, 1.82) is 0 Å². The van der Waals surface area contributed by atoms with Crippen molar-refractivity contribution in [2.45, 2.75) is 18.6 Å². The summed E-state index contributed by atoms with van der Waals surface area (Å²) in [6.45, 7) is 4.59. The molecule has 1 aromatic heterocycles. The maximum atomic E-state index is 11.2. The maximum Gasteiger partial charge on any atom is 0.186 e. The van der Waals surface area contributed by atoms with Gasteiger partial charge in [0.25, 0.3) is 0 Å². The molecule has 0 radical (unpaired) electrons. The van der Waals surface area contributed by atoms with E-state index < -0.39 is 0 Å². The van der Waals surface area contributed by atoms with Crippen LogP contribution < -0.4 is 4.74 Å². The molecule has 0 bridgehead atoms. The number of aldehydes is 1. The summed E-state index contributed by atoms with van der Waals surface area (Å²) in [5.74, 6) is 0.799. The lowest BCUT2D eigenvalue weighted by atomic mass is 10.1. The van der Waals surface area contributed by atoms with Crippen LogP contribution in [0.4, 0.5) is 0 Å². The van der Waals surface area contributed by atoms with Crippen LogP contribution >= 0.6 is 0 Å². The van der Waals surface area contributed by atoms with E-state index in [9.17, 15) is 4.79 Å². The van der Waals surface area contributed by atoms with E-state index in [0.717, 1.165) is 46.3 Å². The van der Waals surface area contributed by atoms with Crippen LogP contribution in [0.2, 0.25) is 0 Å². The van der Waals surface area contributed by atoms with Crippen molar-refractivity contribution in [1.82, 2.24) is 9.79 Å². The minimum atomic E-state index is -0.0829. The number of benzene rings is 2. The number of nitrogens with zero attached hydrogens (tertiary/aromatic N) is 2. The number of ether oxygens (including phenoxy) is 1. The molecule has 2 heterocycles. The van der Waals surface area contributed by atoms with Crippen LogP contribution in [-0.4, -0.2) is 42.8 Å². The number of rotatable bonds is 5. The van der Waals surface area contributed by atoms with Gasteiger partial charge in [-0.3, -0.25) is 0 Å². The Morgan fingerprint density at radius 3 is 2.70 bits per heavy atom. The molecule has 1 aliphatic rings. The lowest BCUT2D eigenvalue weighted by Crippen LogP contribution is -2.28. The number of carbonyl (C=O) groups is 1. The highest BCUT2D eigenvalue weighted by molar-refractivity contribution is 6.06. The molecule has 4 rings (SSSR count). The molecule has 1 fully saturated rings. The first-order valence-corrected chi connectivity index (χ1v) is 9.13. The average Bonchev–Trinajstić information content (AvgIpc) is 3.07. The first-order valence-electron chi connectivity index (χ1n) is 9.13. The lowest BCUT2D eigenvalue weighted by Gasteiger charge is -2.17. The number of pyridine rings is 1. The van der Waals surface area contributed by atoms with Gasteiger partial charge in [0.15, 0.2) is 7.98 Å². The van der Waals surface area contributed by atoms with Crippen LogP contribution in [0.25, 0.3) is 28.2 Å². The van der Waals surface area contributed by atoms with Gasteiger partial charge in [-0.05, 0) is 17.7 Å². The molecule has 4 nitrogen and oxygen atoms in total. The second kappa shape index (κ2) is 7.37. The molecular formula is C22H21BN2O2. The number of hydrogen-bond donors (Lipinski definition) is 0. The normalized spacial score (nSPS) is 19.9. The number of hydrogen-bond acceptors (Lipinski definition) is 4. The zero-order valence-corrected chi connectivity index (χ0v) is 15.3. The van der Waals surface area contributed by atoms with Crippen LogP contribution in [0.3, 0.4) is 0 Å². The second-order valence-corrected chi connectivity index (χ2v) is 6.97. The van der Waals surface area contributed by atoms with Crippen molar-refractivity contribution in [2.75, 3.05) is 6.54 Å². The molecule has 27 heavy (non-hydrogen) atoms. The SMILES string of the molecule is BN1C[C@H](Oc2cc(-c3ccccc3)nc3ccc(C=C)cc23)C[C@H]1C=O. The molecule has 0 amide bonds. The first-order chi connectivity index (χ1) is 13.2. The molecule has 3 aromatic rings. The third kappa shape index (κ3) is 3.51. The Morgan fingerprint density at radius 2 is 2.00 bits per heavy atom. The van der Waals surface area contributed by atoms with Gasteiger partial charge in [0.05, 0.1) is 17.3 Å². The van der Waals surface area contributed by atoms with Crippen LogP contribution in [0.1, 0.15) is 12.0 Å². The Bertz CT molecular complexity index is 990. The number of fused-ring (bicyclic) bond motifs is 1. The van der Waals surface area contributed by atoms with Crippen molar-refractivity contribution in [3.8, 4) is 17.0 Å². The van der Waals surface area contributed by atoms with Gasteiger partial charge >= 0.3 is 0 Å². The fourth-order valence-corrected chi connectivity index (χ4v) is 3.60. The highest BCUT2D eigenvalue weighted by atomic mass is 16.5. The molecule has 1 saturated heterocycles. The van der Waals surface area contributed by atoms with Gasteiger partial charge in [-0.2, -0.15) is 0 Å². The molecular weight excluding hydrogens is 335 g/mol. The third-order valence-corrected chi connectivity index (χ3v) is 5.11. The zero-order valence-electron chi connectivity index (χ0n) is 15.3. The van der Waals surface area contributed by atoms with E-state index in [4.69, 9.17) is 9.72 Å². The van der Waals surface area contributed by atoms with E-state index >= 15 is 0 Å². The Balaban J connectivity index is 1.78. The van der Waals surface area contributed by atoms with Crippen molar-refractivity contribution in [2.24, 2.45) is 0 Å². The summed E-state index contributed by atoms with van der Waals surface area (Å²) in [5.41, 5.74) is 3.83. The minimum absolute atomic E-state index is 0.0215. The molecule has 2 aromatic carbocycles. The molecule has 0 aliphatic carbocycles. The highest BCUT2D eigenvalue weighted by Gasteiger charge is 2.30. The summed E-state index contributed by atoms with van der Waals surface area (Å²) < 4.78 is 6.38. The molecule has 5 heteroatoms. The number of aromatic nitrogens is 1. The van der Waals surface area contributed by atoms with Gasteiger partial charge in [-0.25, -0.2) is 4.98 Å². The topological polar surface area (TPSA) is 42.4 Å². The van der Waals surface area contributed by atoms with Gasteiger partial charge in [0, 0.05) is 30.0 Å². The van der Waals surface area contributed by atoms with Crippen molar-refractivity contribution in [3.05, 3.63) is 66.7 Å². The summed E-state index contributed by atoms with van der Waals surface area (Å²) in [5, 5.41) is 0.962. The fraction of sp³-hybridized carbons (Fsp3) is 0.182. The Hall–Kier alpha value is -2.92. The predicted molar refractivity (Wildman–Crippen MR) is 111 cm³/mol. The average molecular weight is 356 g/mol. The standard InChI is InChI=1S/C22H21BN2O2/c1-2-15-8-9-20-19(10-15)22(27-18-11-17(14-26)25(23)13-18)12-21(24-20)16-6-4-3-5-7-16/h2-10,12,14,17-18H,1,11,13,23H2/t17-,18+/m0/s1. The van der Waals surface area contributed by atoms with Gasteiger partial charge in [-0.15, -0.1) is 0 Å². The van der Waals surface area contributed by atoms with E-state index in [0.29, 0.717) is 6.42 Å². The Kier molecular flexibility index (Phi) is 4.78. The molecule has 0 unspecified atom stereocenters. The second-order valence-electron chi connectivity index (χ2n) is 6.97. The Morgan fingerprint density at radius 1 is 1.19 bits per heavy atom. The van der Waals surface area contributed by atoms with E-state index in [1.165, 1.54) is 0 Å². The van der Waals surface area contributed by atoms with E-state index in [-0.39, 0.29) is 12.1 Å². The molecule has 2 atom stereocenters. The first kappa shape index (κ1) is 17.5. The number of carbonyl (C=O) groups excluding carboxylic acids is 1. The van der Waals surface area contributed by atoms with Crippen LogP contribution in [0.5, 0.6) is 5.75 Å². The van der Waals surface area contributed by atoms with Crippen molar-refractivity contribution >= 4 is 31.2 Å². The summed E-state index contributed by atoms with van der Waals surface area (Å²) in [4.78, 5) is 18.1. The Labute approximate surface area is 159 Å². The summed E-state index contributed by atoms with van der Waals surface area (Å²) in [6.07, 6.45) is 3.50. The van der Waals surface area contributed by atoms with E-state index in [1.54, 1.807) is 0 Å². The smallest absolute Gasteiger partial charge is 0.186 e. The monoisotopic (exact) mass is 356 g/mol. The zero-order chi connectivity index (χ0) is 18.8. The predicted octanol–water partition coefficient (Wildman–Crippen LogP) is 3.11. The summed E-state index contributed by atoms with van der Waals surface area (Å²) in [6, 6.07) is 18.1. The van der Waals surface area contributed by atoms with Gasteiger partial charge in [0.1, 0.15) is 18.1 Å². The maximum absolute atomic E-state index is 11.2. The largest absolute Gasteiger partial charge is 0.488 e. The summed E-state index contributed by atoms with van der Waals surface area (Å²) in [7, 11) is 1.96. The molecule has 0 saturated carbocycles. The molecule has 1 aliphatic heterocycles. The third-order valence-electron chi connectivity index (χ3n) is 5.11. The van der Waals surface area contributed by atoms with Crippen LogP contribution in [0, 0.1) is 0 Å². The fourth-order valence-electron chi connectivity index (χ4n) is 3.60. The van der Waals surface area contributed by atoms with Crippen LogP contribution in [-0.2, 0) is 4.79 Å². The molecule has 0 spiro atoms. The minimum Gasteiger partial charge on any atom is -0.488 e. The van der Waals surface area contributed by atoms with Crippen LogP contribution in [0.15, 0.2) is 61.2 Å². The van der Waals surface area contributed by atoms with E-state index in [2.05, 4.69) is 12.6 Å². The quantitative estimate of drug-likeness (QED) is 0.520. The lowest BCUT2D eigenvalue weighted by molar-refractivity contribution is -0.110. The van der Waals surface area contributed by atoms with Gasteiger partial charge < -0.3 is 14.3 Å².